The molecule has 0 aromatic carbocycles. The Bertz CT molecular complexity index is 360. The van der Waals surface area contributed by atoms with E-state index in [2.05, 4.69) is 15.3 Å². The van der Waals surface area contributed by atoms with Crippen molar-refractivity contribution in [3.63, 3.8) is 0 Å². The number of nitrogens with one attached hydrogen (secondary N) is 1. The van der Waals surface area contributed by atoms with E-state index in [0.29, 0.717) is 11.9 Å². The van der Waals surface area contributed by atoms with Crippen LogP contribution in [0.15, 0.2) is 12.4 Å². The van der Waals surface area contributed by atoms with Crippen LogP contribution in [0.25, 0.3) is 0 Å². The van der Waals surface area contributed by atoms with Crippen LogP contribution < -0.4 is 5.32 Å². The number of anilines is 1. The summed E-state index contributed by atoms with van der Waals surface area (Å²) >= 11 is 0. The van der Waals surface area contributed by atoms with Crippen molar-refractivity contribution in [1.82, 2.24) is 9.97 Å². The van der Waals surface area contributed by atoms with Crippen LogP contribution in [0.3, 0.4) is 0 Å². The van der Waals surface area contributed by atoms with Crippen LogP contribution in [-0.4, -0.2) is 16.5 Å². The van der Waals surface area contributed by atoms with Gasteiger partial charge in [0.05, 0.1) is 6.07 Å². The molecule has 1 saturated carbocycles. The smallest absolute Gasteiger partial charge is 0.223 e. The largest absolute Gasteiger partial charge is 0.341 e. The molecule has 1 N–H and O–H groups in total. The van der Waals surface area contributed by atoms with Crippen LogP contribution in [0.5, 0.6) is 0 Å². The zero-order valence-electron chi connectivity index (χ0n) is 9.32. The van der Waals surface area contributed by atoms with E-state index in [0.717, 1.165) is 0 Å². The summed E-state index contributed by atoms with van der Waals surface area (Å²) in [7, 11) is 0. The van der Waals surface area contributed by atoms with E-state index in [-0.39, 0.29) is 6.54 Å². The second kappa shape index (κ2) is 5.45. The minimum absolute atomic E-state index is 0.253. The van der Waals surface area contributed by atoms with Crippen LogP contribution in [0, 0.1) is 11.3 Å². The quantitative estimate of drug-likeness (QED) is 0.788. The van der Waals surface area contributed by atoms with Gasteiger partial charge in [-0.05, 0) is 24.3 Å². The lowest BCUT2D eigenvalue weighted by Gasteiger charge is -2.21. The highest BCUT2D eigenvalue weighted by Crippen LogP contribution is 2.31. The average Bonchev–Trinajstić information content (AvgIpc) is 2.38. The number of nitrogens with zero attached hydrogens (tertiary/aromatic N) is 3. The topological polar surface area (TPSA) is 61.6 Å². The number of hydrogen-bond acceptors (Lipinski definition) is 4. The van der Waals surface area contributed by atoms with Gasteiger partial charge in [0, 0.05) is 12.4 Å². The van der Waals surface area contributed by atoms with E-state index in [1.165, 1.54) is 37.7 Å². The molecule has 0 saturated heterocycles. The first-order chi connectivity index (χ1) is 7.90. The van der Waals surface area contributed by atoms with Crippen LogP contribution in [0.2, 0.25) is 0 Å². The first kappa shape index (κ1) is 10.9. The number of aromatic nitrogens is 2. The molecule has 4 heteroatoms. The Morgan fingerprint density at radius 1 is 1.25 bits per heavy atom. The second-order valence-corrected chi connectivity index (χ2v) is 4.19. The Morgan fingerprint density at radius 3 is 2.56 bits per heavy atom. The Balaban J connectivity index is 1.98. The monoisotopic (exact) mass is 216 g/mol. The molecule has 0 radical (unpaired) electrons. The zero-order valence-corrected chi connectivity index (χ0v) is 9.32. The van der Waals surface area contributed by atoms with Gasteiger partial charge in [-0.2, -0.15) is 5.26 Å². The molecular formula is C12H16N4. The van der Waals surface area contributed by atoms with E-state index in [1.54, 1.807) is 0 Å². The SMILES string of the molecule is N#CCNc1ncc(C2CCCCC2)cn1. The average molecular weight is 216 g/mol. The zero-order chi connectivity index (χ0) is 11.2. The fourth-order valence-corrected chi connectivity index (χ4v) is 2.19. The van der Waals surface area contributed by atoms with Crippen LogP contribution in [0.1, 0.15) is 43.6 Å². The van der Waals surface area contributed by atoms with E-state index in [4.69, 9.17) is 5.26 Å². The van der Waals surface area contributed by atoms with Gasteiger partial charge in [0.25, 0.3) is 0 Å². The van der Waals surface area contributed by atoms with E-state index >= 15 is 0 Å². The first-order valence-electron chi connectivity index (χ1n) is 5.83. The lowest BCUT2D eigenvalue weighted by Crippen LogP contribution is -2.07. The minimum atomic E-state index is 0.253. The highest BCUT2D eigenvalue weighted by molar-refractivity contribution is 5.27. The van der Waals surface area contributed by atoms with Gasteiger partial charge in [-0.25, -0.2) is 9.97 Å². The molecule has 0 amide bonds. The third-order valence-corrected chi connectivity index (χ3v) is 3.07. The van der Waals surface area contributed by atoms with Crippen molar-refractivity contribution in [2.45, 2.75) is 38.0 Å². The molecule has 0 aliphatic heterocycles. The van der Waals surface area contributed by atoms with Gasteiger partial charge in [-0.1, -0.05) is 19.3 Å². The Hall–Kier alpha value is -1.63. The highest BCUT2D eigenvalue weighted by Gasteiger charge is 2.15. The highest BCUT2D eigenvalue weighted by atomic mass is 15.1. The van der Waals surface area contributed by atoms with Crippen molar-refractivity contribution in [2.24, 2.45) is 0 Å². The van der Waals surface area contributed by atoms with Crippen molar-refractivity contribution in [3.8, 4) is 6.07 Å². The van der Waals surface area contributed by atoms with Crippen LogP contribution >= 0.6 is 0 Å². The normalized spacial score (nSPS) is 16.7. The maximum Gasteiger partial charge on any atom is 0.223 e. The summed E-state index contributed by atoms with van der Waals surface area (Å²) in [6.45, 7) is 0.253. The Morgan fingerprint density at radius 2 is 1.94 bits per heavy atom. The lowest BCUT2D eigenvalue weighted by molar-refractivity contribution is 0.442. The molecule has 84 valence electrons. The van der Waals surface area contributed by atoms with Crippen molar-refractivity contribution in [2.75, 3.05) is 11.9 Å². The second-order valence-electron chi connectivity index (χ2n) is 4.19. The molecule has 2 rings (SSSR count). The third-order valence-electron chi connectivity index (χ3n) is 3.07. The maximum absolute atomic E-state index is 8.42. The Kier molecular flexibility index (Phi) is 3.71. The van der Waals surface area contributed by atoms with Gasteiger partial charge in [0.1, 0.15) is 6.54 Å². The van der Waals surface area contributed by atoms with E-state index in [1.807, 2.05) is 18.5 Å². The number of nitriles is 1. The number of hydrogen-bond donors (Lipinski definition) is 1. The van der Waals surface area contributed by atoms with Crippen molar-refractivity contribution < 1.29 is 0 Å². The molecular weight excluding hydrogens is 200 g/mol. The molecule has 1 aromatic heterocycles. The van der Waals surface area contributed by atoms with Gasteiger partial charge < -0.3 is 5.32 Å². The fourth-order valence-electron chi connectivity index (χ4n) is 2.19. The molecule has 1 aliphatic carbocycles. The predicted octanol–water partition coefficient (Wildman–Crippen LogP) is 2.46. The summed E-state index contributed by atoms with van der Waals surface area (Å²) in [4.78, 5) is 8.44. The van der Waals surface area contributed by atoms with Crippen LogP contribution in [-0.2, 0) is 0 Å². The summed E-state index contributed by atoms with van der Waals surface area (Å²) < 4.78 is 0. The predicted molar refractivity (Wildman–Crippen MR) is 62.0 cm³/mol. The summed E-state index contributed by atoms with van der Waals surface area (Å²) in [6, 6.07) is 2.00. The molecule has 1 aliphatic rings. The minimum Gasteiger partial charge on any atom is -0.341 e. The summed E-state index contributed by atoms with van der Waals surface area (Å²) in [5.74, 6) is 1.18. The van der Waals surface area contributed by atoms with Gasteiger partial charge in [-0.15, -0.1) is 0 Å². The van der Waals surface area contributed by atoms with Gasteiger partial charge in [0.15, 0.2) is 0 Å². The Labute approximate surface area is 95.7 Å². The third kappa shape index (κ3) is 2.69. The molecule has 0 unspecified atom stereocenters. The summed E-state index contributed by atoms with van der Waals surface area (Å²) in [5, 5.41) is 11.3. The molecule has 1 fully saturated rings. The molecule has 1 aromatic rings. The first-order valence-corrected chi connectivity index (χ1v) is 5.83. The van der Waals surface area contributed by atoms with E-state index < -0.39 is 0 Å². The fraction of sp³-hybridized carbons (Fsp3) is 0.583. The van der Waals surface area contributed by atoms with Crippen molar-refractivity contribution in [3.05, 3.63) is 18.0 Å². The molecule has 0 atom stereocenters. The van der Waals surface area contributed by atoms with Crippen molar-refractivity contribution in [1.29, 1.82) is 5.26 Å². The maximum atomic E-state index is 8.42. The number of rotatable bonds is 3. The molecule has 0 bridgehead atoms. The standard InChI is InChI=1S/C12H16N4/c13-6-7-14-12-15-8-11(9-16-12)10-4-2-1-3-5-10/h8-10H,1-5,7H2,(H,14,15,16). The molecule has 1 heterocycles. The molecule has 16 heavy (non-hydrogen) atoms. The lowest BCUT2D eigenvalue weighted by atomic mass is 9.85. The van der Waals surface area contributed by atoms with E-state index in [9.17, 15) is 0 Å². The van der Waals surface area contributed by atoms with Crippen LogP contribution in [0.4, 0.5) is 5.95 Å². The molecule has 4 nitrogen and oxygen atoms in total. The van der Waals surface area contributed by atoms with Crippen molar-refractivity contribution >= 4 is 5.95 Å². The summed E-state index contributed by atoms with van der Waals surface area (Å²) in [6.07, 6.45) is 10.3. The summed E-state index contributed by atoms with van der Waals surface area (Å²) in [5.41, 5.74) is 1.24. The van der Waals surface area contributed by atoms with Gasteiger partial charge >= 0.3 is 0 Å². The van der Waals surface area contributed by atoms with Gasteiger partial charge in [-0.3, -0.25) is 0 Å². The molecule has 0 spiro atoms. The van der Waals surface area contributed by atoms with Gasteiger partial charge in [0.2, 0.25) is 5.95 Å².